The molecule has 0 N–H and O–H groups in total. The third-order valence-electron chi connectivity index (χ3n) is 3.28. The highest BCUT2D eigenvalue weighted by Crippen LogP contribution is 2.24. The Morgan fingerprint density at radius 1 is 1.07 bits per heavy atom. The van der Waals surface area contributed by atoms with Crippen molar-refractivity contribution < 1.29 is 27.0 Å². The van der Waals surface area contributed by atoms with Crippen LogP contribution >= 0.6 is 0 Å². The number of ether oxygens (including phenoxy) is 2. The molecule has 0 bridgehead atoms. The van der Waals surface area contributed by atoms with Crippen LogP contribution in [-0.2, 0) is 28.7 Å². The van der Waals surface area contributed by atoms with E-state index in [1.807, 2.05) is 0 Å². The second-order valence-electron chi connectivity index (χ2n) is 5.24. The number of pyridine rings is 1. The van der Waals surface area contributed by atoms with E-state index < -0.39 is 16.1 Å². The summed E-state index contributed by atoms with van der Waals surface area (Å²) in [5.41, 5.74) is 1.43. The molecular formula is C18H18N2O6S. The topological polar surface area (TPSA) is 104 Å². The van der Waals surface area contributed by atoms with Gasteiger partial charge in [0.15, 0.2) is 0 Å². The number of benzene rings is 1. The number of rotatable bonds is 7. The number of methoxy groups -OCH3 is 2. The van der Waals surface area contributed by atoms with Gasteiger partial charge in [-0.15, -0.1) is 0 Å². The van der Waals surface area contributed by atoms with Crippen molar-refractivity contribution in [2.45, 2.75) is 0 Å². The average molecular weight is 390 g/mol. The lowest BCUT2D eigenvalue weighted by Gasteiger charge is -2.13. The molecule has 27 heavy (non-hydrogen) atoms. The van der Waals surface area contributed by atoms with Crippen LogP contribution in [0.2, 0.25) is 0 Å². The standard InChI is InChI=1S/C18H18N2O6S/c1-24-12-15(18(21)25-2)13-8-4-5-9-14(13)17(20-26-27(3,22)23)16-10-6-7-11-19-16/h4-12H,1-3H3/b15-12+,20-17+. The minimum Gasteiger partial charge on any atom is -0.503 e. The van der Waals surface area contributed by atoms with Crippen molar-refractivity contribution in [3.05, 3.63) is 71.7 Å². The van der Waals surface area contributed by atoms with Crippen LogP contribution in [0.15, 0.2) is 60.1 Å². The lowest BCUT2D eigenvalue weighted by atomic mass is 9.95. The van der Waals surface area contributed by atoms with Crippen LogP contribution in [0.4, 0.5) is 0 Å². The molecule has 1 aromatic carbocycles. The van der Waals surface area contributed by atoms with Crippen molar-refractivity contribution in [2.24, 2.45) is 5.16 Å². The summed E-state index contributed by atoms with van der Waals surface area (Å²) in [5.74, 6) is -0.631. The van der Waals surface area contributed by atoms with Crippen LogP contribution in [0.1, 0.15) is 16.8 Å². The maximum atomic E-state index is 12.2. The highest BCUT2D eigenvalue weighted by molar-refractivity contribution is 7.85. The molecule has 1 heterocycles. The Morgan fingerprint density at radius 3 is 2.30 bits per heavy atom. The Hall–Kier alpha value is -3.20. The maximum absolute atomic E-state index is 12.2. The second-order valence-corrected chi connectivity index (χ2v) is 6.80. The highest BCUT2D eigenvalue weighted by Gasteiger charge is 2.21. The fraction of sp³-hybridized carbons (Fsp3) is 0.167. The van der Waals surface area contributed by atoms with Gasteiger partial charge in [0.1, 0.15) is 11.3 Å². The molecule has 2 rings (SSSR count). The smallest absolute Gasteiger partial charge is 0.341 e. The Labute approximate surface area is 157 Å². The van der Waals surface area contributed by atoms with E-state index in [-0.39, 0.29) is 11.3 Å². The average Bonchev–Trinajstić information content (AvgIpc) is 2.66. The summed E-state index contributed by atoms with van der Waals surface area (Å²) in [5, 5.41) is 3.77. The molecule has 0 aliphatic heterocycles. The molecule has 0 saturated carbocycles. The minimum absolute atomic E-state index is 0.124. The predicted molar refractivity (Wildman–Crippen MR) is 99.2 cm³/mol. The normalized spacial score (nSPS) is 12.4. The summed E-state index contributed by atoms with van der Waals surface area (Å²) in [7, 11) is -1.21. The summed E-state index contributed by atoms with van der Waals surface area (Å²) in [6.45, 7) is 0. The Bertz CT molecular complexity index is 968. The number of hydrogen-bond donors (Lipinski definition) is 0. The van der Waals surface area contributed by atoms with Crippen molar-refractivity contribution in [1.29, 1.82) is 0 Å². The fourth-order valence-electron chi connectivity index (χ4n) is 2.22. The molecule has 0 aliphatic rings. The molecule has 9 heteroatoms. The first-order valence-corrected chi connectivity index (χ1v) is 9.48. The lowest BCUT2D eigenvalue weighted by Crippen LogP contribution is -2.13. The number of hydrogen-bond acceptors (Lipinski definition) is 8. The molecule has 1 aromatic heterocycles. The Balaban J connectivity index is 2.71. The van der Waals surface area contributed by atoms with Crippen molar-refractivity contribution in [2.75, 3.05) is 20.5 Å². The highest BCUT2D eigenvalue weighted by atomic mass is 32.2. The molecule has 0 amide bonds. The molecule has 142 valence electrons. The van der Waals surface area contributed by atoms with E-state index in [0.717, 1.165) is 6.26 Å². The van der Waals surface area contributed by atoms with Crippen molar-refractivity contribution >= 4 is 27.4 Å². The van der Waals surface area contributed by atoms with E-state index in [0.29, 0.717) is 16.8 Å². The van der Waals surface area contributed by atoms with Crippen molar-refractivity contribution in [3.63, 3.8) is 0 Å². The molecule has 0 saturated heterocycles. The summed E-state index contributed by atoms with van der Waals surface area (Å²) in [6, 6.07) is 11.8. The molecule has 0 unspecified atom stereocenters. The van der Waals surface area contributed by atoms with Crippen LogP contribution in [-0.4, -0.2) is 45.6 Å². The largest absolute Gasteiger partial charge is 0.503 e. The van der Waals surface area contributed by atoms with Crippen LogP contribution in [0, 0.1) is 0 Å². The van der Waals surface area contributed by atoms with Crippen molar-refractivity contribution in [1.82, 2.24) is 4.98 Å². The van der Waals surface area contributed by atoms with E-state index in [9.17, 15) is 13.2 Å². The Morgan fingerprint density at radius 2 is 1.74 bits per heavy atom. The molecule has 2 aromatic rings. The van der Waals surface area contributed by atoms with E-state index >= 15 is 0 Å². The number of esters is 1. The van der Waals surface area contributed by atoms with Gasteiger partial charge < -0.3 is 9.47 Å². The van der Waals surface area contributed by atoms with E-state index in [1.165, 1.54) is 26.7 Å². The lowest BCUT2D eigenvalue weighted by molar-refractivity contribution is -0.133. The molecule has 0 atom stereocenters. The van der Waals surface area contributed by atoms with Gasteiger partial charge in [-0.2, -0.15) is 8.42 Å². The summed E-state index contributed by atoms with van der Waals surface area (Å²) in [6.07, 6.45) is 3.64. The van der Waals surface area contributed by atoms with Gasteiger partial charge >= 0.3 is 16.1 Å². The van der Waals surface area contributed by atoms with E-state index in [1.54, 1.807) is 42.5 Å². The summed E-state index contributed by atoms with van der Waals surface area (Å²) in [4.78, 5) is 16.4. The van der Waals surface area contributed by atoms with Crippen LogP contribution in [0.5, 0.6) is 0 Å². The van der Waals surface area contributed by atoms with E-state index in [4.69, 9.17) is 9.47 Å². The summed E-state index contributed by atoms with van der Waals surface area (Å²) >= 11 is 0. The van der Waals surface area contributed by atoms with Gasteiger partial charge in [0.05, 0.1) is 32.4 Å². The molecule has 8 nitrogen and oxygen atoms in total. The third kappa shape index (κ3) is 5.38. The van der Waals surface area contributed by atoms with Gasteiger partial charge in [-0.05, 0) is 12.1 Å². The second kappa shape index (κ2) is 8.95. The number of oxime groups is 1. The third-order valence-corrected chi connectivity index (χ3v) is 3.63. The zero-order valence-electron chi connectivity index (χ0n) is 14.9. The van der Waals surface area contributed by atoms with Crippen LogP contribution in [0.3, 0.4) is 0 Å². The van der Waals surface area contributed by atoms with E-state index in [2.05, 4.69) is 14.4 Å². The van der Waals surface area contributed by atoms with Gasteiger partial charge in [0, 0.05) is 17.3 Å². The number of aromatic nitrogens is 1. The van der Waals surface area contributed by atoms with Crippen LogP contribution in [0.25, 0.3) is 5.57 Å². The van der Waals surface area contributed by atoms with Gasteiger partial charge in [-0.25, -0.2) is 4.79 Å². The fourth-order valence-corrected chi connectivity index (χ4v) is 2.43. The van der Waals surface area contributed by atoms with Gasteiger partial charge in [-0.1, -0.05) is 35.5 Å². The quantitative estimate of drug-likeness (QED) is 0.234. The zero-order valence-corrected chi connectivity index (χ0v) is 15.8. The van der Waals surface area contributed by atoms with Gasteiger partial charge in [0.25, 0.3) is 0 Å². The number of carbonyl (C=O) groups is 1. The predicted octanol–water partition coefficient (Wildman–Crippen LogP) is 1.97. The molecule has 0 fully saturated rings. The van der Waals surface area contributed by atoms with Crippen LogP contribution < -0.4 is 0 Å². The first-order chi connectivity index (χ1) is 12.9. The molecular weight excluding hydrogens is 372 g/mol. The number of carbonyl (C=O) groups excluding carboxylic acids is 1. The first kappa shape index (κ1) is 20.1. The minimum atomic E-state index is -3.85. The molecule has 0 spiro atoms. The van der Waals surface area contributed by atoms with Gasteiger partial charge in [-0.3, -0.25) is 9.27 Å². The van der Waals surface area contributed by atoms with Crippen molar-refractivity contribution in [3.8, 4) is 0 Å². The molecule has 0 radical (unpaired) electrons. The first-order valence-electron chi connectivity index (χ1n) is 7.66. The Kier molecular flexibility index (Phi) is 6.67. The monoisotopic (exact) mass is 390 g/mol. The maximum Gasteiger partial charge on any atom is 0.341 e. The van der Waals surface area contributed by atoms with Gasteiger partial charge in [0.2, 0.25) is 0 Å². The molecule has 0 aliphatic carbocycles. The number of nitrogens with zero attached hydrogens (tertiary/aromatic N) is 2. The summed E-state index contributed by atoms with van der Waals surface area (Å²) < 4.78 is 37.3. The SMILES string of the molecule is CO/C=C(/C(=O)OC)c1ccccc1/C(=N\OS(C)(=O)=O)c1ccccn1. The zero-order chi connectivity index (χ0) is 19.9.